The summed E-state index contributed by atoms with van der Waals surface area (Å²) in [6.07, 6.45) is 4.69. The van der Waals surface area contributed by atoms with Crippen LogP contribution in [-0.4, -0.2) is 102 Å². The molecule has 2 amide bonds. The van der Waals surface area contributed by atoms with Gasteiger partial charge in [-0.2, -0.15) is 0 Å². The zero-order chi connectivity index (χ0) is 29.8. The first-order valence-corrected chi connectivity index (χ1v) is 14.5. The highest BCUT2D eigenvalue weighted by Gasteiger charge is 2.48. The Hall–Kier alpha value is -2.91. The maximum absolute atomic E-state index is 12.6. The SMILES string of the molecule is CC(C)CCCCCCCCCC(=O)NCC(=O)N[C@@H]1[C@@H](O)[C@@H](O)[C@@H](Nc2ncnc3nc[nH]c23)O[C@H]1C(O)CO. The Morgan fingerprint density at radius 3 is 2.41 bits per heavy atom. The summed E-state index contributed by atoms with van der Waals surface area (Å²) >= 11 is 0. The molecule has 0 aliphatic carbocycles. The summed E-state index contributed by atoms with van der Waals surface area (Å²) in [7, 11) is 0. The highest BCUT2D eigenvalue weighted by molar-refractivity contribution is 5.85. The first kappa shape index (κ1) is 32.6. The van der Waals surface area contributed by atoms with Crippen LogP contribution in [0.2, 0.25) is 0 Å². The molecule has 14 nitrogen and oxygen atoms in total. The lowest BCUT2D eigenvalue weighted by atomic mass is 9.92. The Morgan fingerprint density at radius 2 is 1.71 bits per heavy atom. The minimum atomic E-state index is -1.59. The van der Waals surface area contributed by atoms with E-state index in [1.54, 1.807) is 0 Å². The van der Waals surface area contributed by atoms with E-state index in [9.17, 15) is 30.0 Å². The molecule has 6 atom stereocenters. The van der Waals surface area contributed by atoms with Crippen LogP contribution in [0.25, 0.3) is 11.2 Å². The van der Waals surface area contributed by atoms with Gasteiger partial charge in [0.1, 0.15) is 36.3 Å². The number of aromatic amines is 1. The molecule has 1 fully saturated rings. The second-order valence-corrected chi connectivity index (χ2v) is 11.0. The van der Waals surface area contributed by atoms with Crippen LogP contribution in [0, 0.1) is 5.92 Å². The molecule has 1 saturated heterocycles. The number of nitrogens with zero attached hydrogens (tertiary/aromatic N) is 3. The number of rotatable bonds is 17. The normalized spacial score (nSPS) is 23.4. The number of hydrogen-bond acceptors (Lipinski definition) is 11. The molecule has 2 aromatic heterocycles. The average molecular weight is 580 g/mol. The first-order chi connectivity index (χ1) is 19.7. The number of amides is 2. The number of carbonyl (C=O) groups excluding carboxylic acids is 2. The fourth-order valence-electron chi connectivity index (χ4n) is 4.88. The largest absolute Gasteiger partial charge is 0.394 e. The summed E-state index contributed by atoms with van der Waals surface area (Å²) in [6, 6.07) is -1.27. The highest BCUT2D eigenvalue weighted by atomic mass is 16.5. The van der Waals surface area contributed by atoms with Crippen molar-refractivity contribution in [1.82, 2.24) is 30.6 Å². The molecule has 41 heavy (non-hydrogen) atoms. The Morgan fingerprint density at radius 1 is 1.00 bits per heavy atom. The second-order valence-electron chi connectivity index (χ2n) is 11.0. The molecule has 0 radical (unpaired) electrons. The van der Waals surface area contributed by atoms with Gasteiger partial charge in [0.15, 0.2) is 17.7 Å². The number of fused-ring (bicyclic) bond motifs is 1. The number of aliphatic hydroxyl groups is 4. The van der Waals surface area contributed by atoms with E-state index in [2.05, 4.69) is 49.7 Å². The minimum absolute atomic E-state index is 0.229. The van der Waals surface area contributed by atoms with Crippen LogP contribution >= 0.6 is 0 Å². The number of nitrogens with one attached hydrogen (secondary N) is 4. The third kappa shape index (κ3) is 9.85. The molecule has 0 spiro atoms. The van der Waals surface area contributed by atoms with Gasteiger partial charge in [0.05, 0.1) is 25.5 Å². The Bertz CT molecular complexity index is 1090. The van der Waals surface area contributed by atoms with Gasteiger partial charge >= 0.3 is 0 Å². The molecule has 1 aliphatic heterocycles. The van der Waals surface area contributed by atoms with Crippen LogP contribution in [0.1, 0.15) is 71.6 Å². The number of H-pyrrole nitrogens is 1. The van der Waals surface area contributed by atoms with E-state index in [1.165, 1.54) is 38.3 Å². The number of hydrogen-bond donors (Lipinski definition) is 8. The molecule has 8 N–H and O–H groups in total. The number of carbonyl (C=O) groups is 2. The lowest BCUT2D eigenvalue weighted by Gasteiger charge is -2.44. The fraction of sp³-hybridized carbons (Fsp3) is 0.741. The number of unbranched alkanes of at least 4 members (excludes halogenated alkanes) is 6. The quantitative estimate of drug-likeness (QED) is 0.120. The summed E-state index contributed by atoms with van der Waals surface area (Å²) in [5, 5.41) is 49.4. The summed E-state index contributed by atoms with van der Waals surface area (Å²) in [6.45, 7) is 3.40. The molecule has 230 valence electrons. The van der Waals surface area contributed by atoms with E-state index in [0.717, 1.165) is 31.6 Å². The number of aliphatic hydroxyl groups excluding tert-OH is 4. The predicted molar refractivity (Wildman–Crippen MR) is 150 cm³/mol. The van der Waals surface area contributed by atoms with E-state index in [0.29, 0.717) is 17.6 Å². The van der Waals surface area contributed by atoms with Crippen molar-refractivity contribution in [3.05, 3.63) is 12.7 Å². The van der Waals surface area contributed by atoms with E-state index in [4.69, 9.17) is 4.74 Å². The topological polar surface area (TPSA) is 215 Å². The second kappa shape index (κ2) is 16.5. The van der Waals surface area contributed by atoms with E-state index in [1.807, 2.05) is 0 Å². The maximum atomic E-state index is 12.6. The maximum Gasteiger partial charge on any atom is 0.239 e. The molecule has 0 saturated carbocycles. The van der Waals surface area contributed by atoms with Gasteiger partial charge in [0.2, 0.25) is 11.8 Å². The van der Waals surface area contributed by atoms with Crippen molar-refractivity contribution in [2.75, 3.05) is 18.5 Å². The standard InChI is InChI=1S/C27H45N7O7/c1-16(2)10-8-6-4-3-5-7-9-11-18(37)28-12-19(38)33-20-22(39)23(40)27(41-24(20)17(36)13-35)34-26-21-25(30-14-29-21)31-15-32-26/h14-17,20,22-24,27,35-36,39-40H,3-13H2,1-2H3,(H,28,37)(H,33,38)(H2,29,30,31,32,34)/t17?,20-,22-,23-,24+,27+/m1/s1. The monoisotopic (exact) mass is 579 g/mol. The Labute approximate surface area is 239 Å². The molecular weight excluding hydrogens is 534 g/mol. The molecule has 0 bridgehead atoms. The van der Waals surface area contributed by atoms with Crippen molar-refractivity contribution in [2.45, 2.75) is 108 Å². The van der Waals surface area contributed by atoms with Crippen LogP contribution in [0.15, 0.2) is 12.7 Å². The van der Waals surface area contributed by atoms with E-state index < -0.39 is 49.2 Å². The Kier molecular flexibility index (Phi) is 13.1. The molecule has 0 aromatic carbocycles. The predicted octanol–water partition coefficient (Wildman–Crippen LogP) is 0.333. The minimum Gasteiger partial charge on any atom is -0.394 e. The van der Waals surface area contributed by atoms with Gasteiger partial charge in [0.25, 0.3) is 0 Å². The molecule has 1 unspecified atom stereocenters. The number of imidazole rings is 1. The van der Waals surface area contributed by atoms with Gasteiger partial charge in [-0.25, -0.2) is 15.0 Å². The summed E-state index contributed by atoms with van der Waals surface area (Å²) in [4.78, 5) is 39.8. The van der Waals surface area contributed by atoms with Gasteiger partial charge in [-0.05, 0) is 12.3 Å². The third-order valence-corrected chi connectivity index (χ3v) is 7.21. The van der Waals surface area contributed by atoms with Crippen molar-refractivity contribution < 1.29 is 34.8 Å². The molecule has 3 rings (SSSR count). The van der Waals surface area contributed by atoms with E-state index >= 15 is 0 Å². The molecule has 1 aliphatic rings. The number of ether oxygens (including phenoxy) is 1. The van der Waals surface area contributed by atoms with Crippen molar-refractivity contribution in [2.24, 2.45) is 5.92 Å². The van der Waals surface area contributed by atoms with Crippen molar-refractivity contribution >= 4 is 28.8 Å². The van der Waals surface area contributed by atoms with Gasteiger partial charge in [-0.15, -0.1) is 0 Å². The zero-order valence-electron chi connectivity index (χ0n) is 23.8. The zero-order valence-corrected chi connectivity index (χ0v) is 23.8. The van der Waals surface area contributed by atoms with Crippen LogP contribution in [0.4, 0.5) is 5.82 Å². The van der Waals surface area contributed by atoms with Gasteiger partial charge in [-0.3, -0.25) is 9.59 Å². The summed E-state index contributed by atoms with van der Waals surface area (Å²) in [5.41, 5.74) is 0.792. The van der Waals surface area contributed by atoms with Gasteiger partial charge in [-0.1, -0.05) is 58.8 Å². The van der Waals surface area contributed by atoms with Gasteiger partial charge in [0, 0.05) is 6.42 Å². The van der Waals surface area contributed by atoms with Crippen molar-refractivity contribution in [1.29, 1.82) is 0 Å². The summed E-state index contributed by atoms with van der Waals surface area (Å²) < 4.78 is 5.78. The van der Waals surface area contributed by atoms with Crippen LogP contribution in [0.5, 0.6) is 0 Å². The molecular formula is C27H45N7O7. The van der Waals surface area contributed by atoms with Gasteiger partial charge < -0.3 is 46.1 Å². The molecule has 2 aromatic rings. The fourth-order valence-corrected chi connectivity index (χ4v) is 4.88. The third-order valence-electron chi connectivity index (χ3n) is 7.21. The number of aromatic nitrogens is 4. The average Bonchev–Trinajstić information content (AvgIpc) is 3.44. The number of anilines is 1. The summed E-state index contributed by atoms with van der Waals surface area (Å²) in [5.74, 6) is 0.0737. The Balaban J connectivity index is 1.43. The molecule has 3 heterocycles. The smallest absolute Gasteiger partial charge is 0.239 e. The van der Waals surface area contributed by atoms with Crippen molar-refractivity contribution in [3.8, 4) is 0 Å². The highest BCUT2D eigenvalue weighted by Crippen LogP contribution is 2.26. The van der Waals surface area contributed by atoms with Crippen LogP contribution in [-0.2, 0) is 14.3 Å². The van der Waals surface area contributed by atoms with Crippen LogP contribution in [0.3, 0.4) is 0 Å². The lowest BCUT2D eigenvalue weighted by Crippen LogP contribution is -2.68. The first-order valence-electron chi connectivity index (χ1n) is 14.5. The van der Waals surface area contributed by atoms with Crippen LogP contribution < -0.4 is 16.0 Å². The van der Waals surface area contributed by atoms with E-state index in [-0.39, 0.29) is 18.3 Å². The van der Waals surface area contributed by atoms with Crippen molar-refractivity contribution in [3.63, 3.8) is 0 Å². The lowest BCUT2D eigenvalue weighted by molar-refractivity contribution is -0.204. The molecule has 14 heteroatoms.